The zero-order chi connectivity index (χ0) is 20.8. The zero-order valence-electron chi connectivity index (χ0n) is 16.0. The minimum absolute atomic E-state index is 0.0590. The number of ether oxygens (including phenoxy) is 1. The molecule has 1 saturated heterocycles. The van der Waals surface area contributed by atoms with E-state index in [1.54, 1.807) is 37.3 Å². The summed E-state index contributed by atoms with van der Waals surface area (Å²) in [5, 5.41) is 17.3. The van der Waals surface area contributed by atoms with Crippen LogP contribution in [-0.2, 0) is 4.74 Å². The van der Waals surface area contributed by atoms with E-state index < -0.39 is 11.9 Å². The van der Waals surface area contributed by atoms with Crippen LogP contribution in [0, 0.1) is 6.92 Å². The second-order valence-corrected chi connectivity index (χ2v) is 6.89. The molecule has 3 amide bonds. The third-order valence-corrected chi connectivity index (χ3v) is 4.50. The Balaban J connectivity index is 1.55. The molecule has 2 aromatic carbocycles. The summed E-state index contributed by atoms with van der Waals surface area (Å²) >= 11 is 0. The number of hydrogen-bond acceptors (Lipinski definition) is 4. The van der Waals surface area contributed by atoms with Gasteiger partial charge in [-0.1, -0.05) is 0 Å². The molecule has 0 aliphatic carbocycles. The predicted molar refractivity (Wildman–Crippen MR) is 109 cm³/mol. The van der Waals surface area contributed by atoms with Gasteiger partial charge in [0.2, 0.25) is 0 Å². The zero-order valence-corrected chi connectivity index (χ0v) is 16.0. The number of nitrogens with one attached hydrogen (secondary N) is 3. The molecule has 0 aromatic heterocycles. The van der Waals surface area contributed by atoms with E-state index in [1.807, 2.05) is 0 Å². The van der Waals surface area contributed by atoms with Gasteiger partial charge in [-0.25, -0.2) is 9.59 Å². The molecule has 1 heterocycles. The van der Waals surface area contributed by atoms with Gasteiger partial charge in [-0.2, -0.15) is 0 Å². The number of carbonyl (C=O) groups is 3. The molecular formula is C21H23N3O5. The van der Waals surface area contributed by atoms with E-state index in [-0.39, 0.29) is 23.3 Å². The first-order valence-corrected chi connectivity index (χ1v) is 9.33. The number of carboxylic acid groups (broad SMARTS) is 1. The van der Waals surface area contributed by atoms with E-state index in [0.717, 1.165) is 19.4 Å². The lowest BCUT2D eigenvalue weighted by molar-refractivity contribution is 0.0696. The van der Waals surface area contributed by atoms with E-state index in [2.05, 4.69) is 16.0 Å². The fourth-order valence-corrected chi connectivity index (χ4v) is 3.06. The highest BCUT2D eigenvalue weighted by Crippen LogP contribution is 2.16. The van der Waals surface area contributed by atoms with E-state index in [9.17, 15) is 14.4 Å². The monoisotopic (exact) mass is 397 g/mol. The van der Waals surface area contributed by atoms with E-state index in [0.29, 0.717) is 23.5 Å². The number of rotatable bonds is 6. The maximum atomic E-state index is 12.4. The van der Waals surface area contributed by atoms with Crippen LogP contribution in [-0.4, -0.2) is 42.3 Å². The third kappa shape index (κ3) is 5.79. The van der Waals surface area contributed by atoms with Crippen molar-refractivity contribution in [2.24, 2.45) is 0 Å². The molecule has 8 heteroatoms. The van der Waals surface area contributed by atoms with Gasteiger partial charge in [-0.3, -0.25) is 4.79 Å². The average Bonchev–Trinajstić information content (AvgIpc) is 3.21. The van der Waals surface area contributed by atoms with Gasteiger partial charge in [0.1, 0.15) is 0 Å². The molecule has 0 saturated carbocycles. The number of anilines is 2. The van der Waals surface area contributed by atoms with Gasteiger partial charge in [0.15, 0.2) is 0 Å². The van der Waals surface area contributed by atoms with Gasteiger partial charge >= 0.3 is 12.0 Å². The van der Waals surface area contributed by atoms with Gasteiger partial charge in [0, 0.05) is 30.1 Å². The topological polar surface area (TPSA) is 117 Å². The molecule has 1 unspecified atom stereocenters. The van der Waals surface area contributed by atoms with Crippen molar-refractivity contribution in [2.75, 3.05) is 23.8 Å². The molecule has 2 aromatic rings. The van der Waals surface area contributed by atoms with E-state index in [4.69, 9.17) is 9.84 Å². The first kappa shape index (κ1) is 20.3. The third-order valence-electron chi connectivity index (χ3n) is 4.50. The quantitative estimate of drug-likeness (QED) is 0.597. The van der Waals surface area contributed by atoms with Crippen molar-refractivity contribution in [1.82, 2.24) is 5.32 Å². The second-order valence-electron chi connectivity index (χ2n) is 6.89. The number of aryl methyl sites for hydroxylation is 1. The van der Waals surface area contributed by atoms with E-state index in [1.165, 1.54) is 12.1 Å². The molecule has 1 fully saturated rings. The Morgan fingerprint density at radius 1 is 1.03 bits per heavy atom. The van der Waals surface area contributed by atoms with Crippen LogP contribution in [0.3, 0.4) is 0 Å². The van der Waals surface area contributed by atoms with Crippen molar-refractivity contribution in [2.45, 2.75) is 25.9 Å². The highest BCUT2D eigenvalue weighted by Gasteiger charge is 2.16. The first-order chi connectivity index (χ1) is 13.9. The van der Waals surface area contributed by atoms with Crippen LogP contribution in [0.25, 0.3) is 0 Å². The fraction of sp³-hybridized carbons (Fsp3) is 0.286. The summed E-state index contributed by atoms with van der Waals surface area (Å²) in [5.74, 6) is -1.50. The number of benzene rings is 2. The van der Waals surface area contributed by atoms with E-state index >= 15 is 0 Å². The molecule has 4 N–H and O–H groups in total. The normalized spacial score (nSPS) is 15.6. The smallest absolute Gasteiger partial charge is 0.335 e. The van der Waals surface area contributed by atoms with Gasteiger partial charge < -0.3 is 25.8 Å². The largest absolute Gasteiger partial charge is 0.478 e. The standard InChI is InChI=1S/C21H23N3O5/c1-13-9-14(11-15(10-13)20(26)27)19(25)23-16-4-6-17(7-5-16)24-21(28)22-12-18-3-2-8-29-18/h4-7,9-11,18H,2-3,8,12H2,1H3,(H,23,25)(H,26,27)(H2,22,24,28). The summed E-state index contributed by atoms with van der Waals surface area (Å²) in [5.41, 5.74) is 2.11. The van der Waals surface area contributed by atoms with Crippen LogP contribution in [0.2, 0.25) is 0 Å². The van der Waals surface area contributed by atoms with Crippen molar-refractivity contribution < 1.29 is 24.2 Å². The lowest BCUT2D eigenvalue weighted by Crippen LogP contribution is -2.35. The lowest BCUT2D eigenvalue weighted by atomic mass is 10.1. The summed E-state index contributed by atoms with van der Waals surface area (Å²) in [7, 11) is 0. The first-order valence-electron chi connectivity index (χ1n) is 9.33. The number of urea groups is 1. The molecule has 3 rings (SSSR count). The Morgan fingerprint density at radius 3 is 2.31 bits per heavy atom. The van der Waals surface area contributed by atoms with Crippen LogP contribution in [0.1, 0.15) is 39.1 Å². The number of hydrogen-bond donors (Lipinski definition) is 4. The summed E-state index contributed by atoms with van der Waals surface area (Å²) in [6.07, 6.45) is 2.03. The predicted octanol–water partition coefficient (Wildman–Crippen LogP) is 3.25. The number of amides is 3. The Kier molecular flexibility index (Phi) is 6.46. The van der Waals surface area contributed by atoms with Crippen molar-refractivity contribution in [1.29, 1.82) is 0 Å². The van der Waals surface area contributed by atoms with Gasteiger partial charge in [0.25, 0.3) is 5.91 Å². The number of carboxylic acids is 1. The van der Waals surface area contributed by atoms with Gasteiger partial charge in [-0.15, -0.1) is 0 Å². The molecule has 0 bridgehead atoms. The average molecular weight is 397 g/mol. The molecule has 1 atom stereocenters. The van der Waals surface area contributed by atoms with Crippen molar-refractivity contribution >= 4 is 29.3 Å². The Morgan fingerprint density at radius 2 is 1.69 bits per heavy atom. The maximum absolute atomic E-state index is 12.4. The van der Waals surface area contributed by atoms with Crippen LogP contribution in [0.15, 0.2) is 42.5 Å². The van der Waals surface area contributed by atoms with Crippen molar-refractivity contribution in [3.05, 3.63) is 59.2 Å². The summed E-state index contributed by atoms with van der Waals surface area (Å²) in [4.78, 5) is 35.5. The maximum Gasteiger partial charge on any atom is 0.335 e. The summed E-state index contributed by atoms with van der Waals surface area (Å²) in [6.45, 7) is 2.93. The Bertz CT molecular complexity index is 905. The Labute approximate surface area is 168 Å². The highest BCUT2D eigenvalue weighted by atomic mass is 16.5. The lowest BCUT2D eigenvalue weighted by Gasteiger charge is -2.12. The van der Waals surface area contributed by atoms with Crippen molar-refractivity contribution in [3.63, 3.8) is 0 Å². The van der Waals surface area contributed by atoms with Crippen molar-refractivity contribution in [3.8, 4) is 0 Å². The molecule has 1 aliphatic rings. The molecule has 0 spiro atoms. The SMILES string of the molecule is Cc1cc(C(=O)O)cc(C(=O)Nc2ccc(NC(=O)NCC3CCCO3)cc2)c1. The molecular weight excluding hydrogens is 374 g/mol. The summed E-state index contributed by atoms with van der Waals surface area (Å²) in [6, 6.07) is 10.8. The number of carbonyl (C=O) groups excluding carboxylic acids is 2. The Hall–Kier alpha value is -3.39. The van der Waals surface area contributed by atoms with Crippen LogP contribution < -0.4 is 16.0 Å². The van der Waals surface area contributed by atoms with Crippen LogP contribution in [0.5, 0.6) is 0 Å². The fourth-order valence-electron chi connectivity index (χ4n) is 3.06. The summed E-state index contributed by atoms with van der Waals surface area (Å²) < 4.78 is 5.46. The van der Waals surface area contributed by atoms with Gasteiger partial charge in [0.05, 0.1) is 11.7 Å². The second kappa shape index (κ2) is 9.20. The molecule has 0 radical (unpaired) electrons. The minimum Gasteiger partial charge on any atom is -0.478 e. The molecule has 29 heavy (non-hydrogen) atoms. The minimum atomic E-state index is -1.09. The van der Waals surface area contributed by atoms with Gasteiger partial charge in [-0.05, 0) is 67.8 Å². The number of aromatic carboxylic acids is 1. The van der Waals surface area contributed by atoms with Crippen LogP contribution in [0.4, 0.5) is 16.2 Å². The molecule has 8 nitrogen and oxygen atoms in total. The molecule has 152 valence electrons. The highest BCUT2D eigenvalue weighted by molar-refractivity contribution is 6.05. The molecule has 1 aliphatic heterocycles. The van der Waals surface area contributed by atoms with Crippen LogP contribution >= 0.6 is 0 Å².